The van der Waals surface area contributed by atoms with E-state index in [0.717, 1.165) is 25.3 Å². The largest absolute Gasteiger partial charge is 0.352 e. The minimum atomic E-state index is 0.158. The molecular formula is C18H28N2O. The van der Waals surface area contributed by atoms with Crippen molar-refractivity contribution in [2.75, 3.05) is 13.6 Å². The first kappa shape index (κ1) is 16.0. The zero-order valence-electron chi connectivity index (χ0n) is 13.6. The second-order valence-corrected chi connectivity index (χ2v) is 6.62. The van der Waals surface area contributed by atoms with Crippen LogP contribution in [0.15, 0.2) is 24.3 Å². The zero-order valence-corrected chi connectivity index (χ0v) is 13.6. The molecule has 21 heavy (non-hydrogen) atoms. The predicted molar refractivity (Wildman–Crippen MR) is 87.1 cm³/mol. The van der Waals surface area contributed by atoms with Crippen molar-refractivity contribution in [1.29, 1.82) is 0 Å². The molecule has 0 heterocycles. The van der Waals surface area contributed by atoms with Gasteiger partial charge >= 0.3 is 0 Å². The predicted octanol–water partition coefficient (Wildman–Crippen LogP) is 3.12. The Balaban J connectivity index is 1.76. The molecule has 0 atom stereocenters. The number of hydrogen-bond donors (Lipinski definition) is 1. The molecular weight excluding hydrogens is 260 g/mol. The summed E-state index contributed by atoms with van der Waals surface area (Å²) < 4.78 is 0. The van der Waals surface area contributed by atoms with E-state index in [4.69, 9.17) is 0 Å². The Hall–Kier alpha value is -1.35. The monoisotopic (exact) mass is 288 g/mol. The number of hydrogen-bond acceptors (Lipinski definition) is 2. The van der Waals surface area contributed by atoms with Crippen LogP contribution >= 0.6 is 0 Å². The molecule has 1 fully saturated rings. The molecule has 0 aliphatic heterocycles. The van der Waals surface area contributed by atoms with Gasteiger partial charge in [-0.3, -0.25) is 9.69 Å². The fraction of sp³-hybridized carbons (Fsp3) is 0.611. The van der Waals surface area contributed by atoms with Crippen LogP contribution in [0.25, 0.3) is 0 Å². The van der Waals surface area contributed by atoms with Gasteiger partial charge < -0.3 is 5.32 Å². The Labute approximate surface area is 128 Å². The number of nitrogens with zero attached hydrogens (tertiary/aromatic N) is 1. The van der Waals surface area contributed by atoms with E-state index in [1.54, 1.807) is 0 Å². The van der Waals surface area contributed by atoms with Gasteiger partial charge in [-0.2, -0.15) is 0 Å². The number of rotatable bonds is 5. The summed E-state index contributed by atoms with van der Waals surface area (Å²) in [4.78, 5) is 14.2. The fourth-order valence-electron chi connectivity index (χ4n) is 3.06. The molecule has 116 valence electrons. The van der Waals surface area contributed by atoms with Gasteiger partial charge in [-0.25, -0.2) is 0 Å². The van der Waals surface area contributed by atoms with Crippen LogP contribution in [0.5, 0.6) is 0 Å². The Morgan fingerprint density at radius 3 is 2.57 bits per heavy atom. The molecule has 1 aromatic carbocycles. The highest BCUT2D eigenvalue weighted by molar-refractivity contribution is 5.78. The summed E-state index contributed by atoms with van der Waals surface area (Å²) in [5, 5.41) is 3.19. The summed E-state index contributed by atoms with van der Waals surface area (Å²) in [6, 6.07) is 8.74. The van der Waals surface area contributed by atoms with Gasteiger partial charge in [0.2, 0.25) is 5.91 Å². The van der Waals surface area contributed by atoms with Gasteiger partial charge in [0, 0.05) is 12.6 Å². The second kappa shape index (κ2) is 7.60. The minimum Gasteiger partial charge on any atom is -0.352 e. The van der Waals surface area contributed by atoms with Crippen molar-refractivity contribution in [1.82, 2.24) is 10.2 Å². The van der Waals surface area contributed by atoms with Crippen molar-refractivity contribution in [3.05, 3.63) is 35.4 Å². The van der Waals surface area contributed by atoms with Gasteiger partial charge in [-0.05, 0) is 56.7 Å². The number of likely N-dealkylation sites (N-methyl/N-ethyl adjacent to an activating group) is 1. The molecule has 0 unspecified atom stereocenters. The normalized spacial score (nSPS) is 22.3. The summed E-state index contributed by atoms with van der Waals surface area (Å²) in [5.74, 6) is 0.979. The Morgan fingerprint density at radius 1 is 1.24 bits per heavy atom. The molecule has 1 aliphatic carbocycles. The third kappa shape index (κ3) is 5.16. The molecule has 0 spiro atoms. The summed E-state index contributed by atoms with van der Waals surface area (Å²) in [6.45, 7) is 5.71. The van der Waals surface area contributed by atoms with Crippen molar-refractivity contribution < 1.29 is 4.79 Å². The summed E-state index contributed by atoms with van der Waals surface area (Å²) in [5.41, 5.74) is 2.57. The van der Waals surface area contributed by atoms with Gasteiger partial charge in [0.1, 0.15) is 0 Å². The van der Waals surface area contributed by atoms with Crippen molar-refractivity contribution in [3.63, 3.8) is 0 Å². The van der Waals surface area contributed by atoms with Gasteiger partial charge in [-0.15, -0.1) is 0 Å². The van der Waals surface area contributed by atoms with E-state index in [0.29, 0.717) is 12.6 Å². The lowest BCUT2D eigenvalue weighted by Crippen LogP contribution is -2.42. The number of amides is 1. The third-order valence-electron chi connectivity index (χ3n) is 4.50. The molecule has 1 aromatic rings. The molecule has 3 heteroatoms. The first-order valence-corrected chi connectivity index (χ1v) is 8.07. The van der Waals surface area contributed by atoms with Crippen molar-refractivity contribution in [3.8, 4) is 0 Å². The molecule has 1 amide bonds. The molecule has 0 aromatic heterocycles. The number of carbonyl (C=O) groups is 1. The fourth-order valence-corrected chi connectivity index (χ4v) is 3.06. The molecule has 0 saturated heterocycles. The minimum absolute atomic E-state index is 0.158. The van der Waals surface area contributed by atoms with Gasteiger partial charge in [0.05, 0.1) is 6.54 Å². The summed E-state index contributed by atoms with van der Waals surface area (Å²) in [7, 11) is 2.01. The zero-order chi connectivity index (χ0) is 15.2. The number of benzene rings is 1. The lowest BCUT2D eigenvalue weighted by atomic mass is 9.87. The Kier molecular flexibility index (Phi) is 5.80. The van der Waals surface area contributed by atoms with Gasteiger partial charge in [0.25, 0.3) is 0 Å². The highest BCUT2D eigenvalue weighted by Crippen LogP contribution is 2.23. The summed E-state index contributed by atoms with van der Waals surface area (Å²) >= 11 is 0. The van der Waals surface area contributed by atoms with Crippen LogP contribution in [0.2, 0.25) is 0 Å². The molecule has 0 bridgehead atoms. The molecule has 1 N–H and O–H groups in total. The maximum Gasteiger partial charge on any atom is 0.234 e. The van der Waals surface area contributed by atoms with Gasteiger partial charge in [-0.1, -0.05) is 31.2 Å². The van der Waals surface area contributed by atoms with Gasteiger partial charge in [0.15, 0.2) is 0 Å². The van der Waals surface area contributed by atoms with E-state index >= 15 is 0 Å². The number of nitrogens with one attached hydrogen (secondary N) is 1. The molecule has 2 rings (SSSR count). The number of aryl methyl sites for hydroxylation is 1. The average molecular weight is 288 g/mol. The van der Waals surface area contributed by atoms with Crippen molar-refractivity contribution in [2.45, 2.75) is 52.1 Å². The Bertz CT molecular complexity index is 464. The van der Waals surface area contributed by atoms with E-state index in [1.165, 1.54) is 24.0 Å². The quantitative estimate of drug-likeness (QED) is 0.903. The standard InChI is InChI=1S/C18H28N2O/c1-14-8-10-17(11-9-14)19-18(21)13-20(3)12-16-7-5-4-6-15(16)2/h4-7,14,17H,8-13H2,1-3H3,(H,19,21). The third-order valence-corrected chi connectivity index (χ3v) is 4.50. The highest BCUT2D eigenvalue weighted by atomic mass is 16.2. The first-order valence-electron chi connectivity index (χ1n) is 8.07. The lowest BCUT2D eigenvalue weighted by molar-refractivity contribution is -0.123. The Morgan fingerprint density at radius 2 is 1.90 bits per heavy atom. The first-order chi connectivity index (χ1) is 10.0. The molecule has 0 radical (unpaired) electrons. The maximum absolute atomic E-state index is 12.1. The highest BCUT2D eigenvalue weighted by Gasteiger charge is 2.20. The van der Waals surface area contributed by atoms with E-state index in [-0.39, 0.29) is 5.91 Å². The number of carbonyl (C=O) groups excluding carboxylic acids is 1. The van der Waals surface area contributed by atoms with Crippen molar-refractivity contribution >= 4 is 5.91 Å². The lowest BCUT2D eigenvalue weighted by Gasteiger charge is -2.27. The molecule has 3 nitrogen and oxygen atoms in total. The van der Waals surface area contributed by atoms with E-state index in [1.807, 2.05) is 7.05 Å². The van der Waals surface area contributed by atoms with Crippen LogP contribution < -0.4 is 5.32 Å². The van der Waals surface area contributed by atoms with Crippen LogP contribution in [0.1, 0.15) is 43.7 Å². The average Bonchev–Trinajstić information content (AvgIpc) is 2.44. The van der Waals surface area contributed by atoms with Crippen LogP contribution in [0.3, 0.4) is 0 Å². The maximum atomic E-state index is 12.1. The van der Waals surface area contributed by atoms with Crippen LogP contribution in [-0.2, 0) is 11.3 Å². The molecule has 1 saturated carbocycles. The van der Waals surface area contributed by atoms with Crippen molar-refractivity contribution in [2.24, 2.45) is 5.92 Å². The summed E-state index contributed by atoms with van der Waals surface area (Å²) in [6.07, 6.45) is 4.75. The smallest absolute Gasteiger partial charge is 0.234 e. The van der Waals surface area contributed by atoms with Crippen LogP contribution in [0, 0.1) is 12.8 Å². The van der Waals surface area contributed by atoms with E-state index < -0.39 is 0 Å². The topological polar surface area (TPSA) is 32.3 Å². The van der Waals surface area contributed by atoms with Crippen LogP contribution in [0.4, 0.5) is 0 Å². The second-order valence-electron chi connectivity index (χ2n) is 6.62. The SMILES string of the molecule is Cc1ccccc1CN(C)CC(=O)NC1CCC(C)CC1. The van der Waals surface area contributed by atoms with E-state index in [9.17, 15) is 4.79 Å². The molecule has 1 aliphatic rings. The van der Waals surface area contributed by atoms with E-state index in [2.05, 4.69) is 48.3 Å². The van der Waals surface area contributed by atoms with Crippen LogP contribution in [-0.4, -0.2) is 30.4 Å².